The Morgan fingerprint density at radius 3 is 2.86 bits per heavy atom. The first-order valence-electron chi connectivity index (χ1n) is 6.74. The molecule has 0 saturated heterocycles. The summed E-state index contributed by atoms with van der Waals surface area (Å²) in [7, 11) is 0. The first-order chi connectivity index (χ1) is 10.3. The molecular formula is C15H16N6. The summed E-state index contributed by atoms with van der Waals surface area (Å²) < 4.78 is 0. The van der Waals surface area contributed by atoms with Gasteiger partial charge in [-0.2, -0.15) is 9.97 Å². The summed E-state index contributed by atoms with van der Waals surface area (Å²) in [6.07, 6.45) is 3.60. The van der Waals surface area contributed by atoms with Crippen molar-refractivity contribution in [2.24, 2.45) is 0 Å². The fourth-order valence-electron chi connectivity index (χ4n) is 2.17. The molecule has 0 unspecified atom stereocenters. The average Bonchev–Trinajstić information content (AvgIpc) is 2.47. The molecule has 4 N–H and O–H groups in total. The first kappa shape index (κ1) is 13.1. The van der Waals surface area contributed by atoms with Crippen molar-refractivity contribution in [1.82, 2.24) is 15.0 Å². The lowest BCUT2D eigenvalue weighted by atomic mass is 10.1. The molecule has 1 aromatic carbocycles. The zero-order valence-electron chi connectivity index (χ0n) is 11.7. The summed E-state index contributed by atoms with van der Waals surface area (Å²) in [6, 6.07) is 9.79. The van der Waals surface area contributed by atoms with Crippen LogP contribution in [0, 0.1) is 0 Å². The molecule has 3 rings (SSSR count). The summed E-state index contributed by atoms with van der Waals surface area (Å²) in [5.74, 6) is 1.59. The zero-order chi connectivity index (χ0) is 14.7. The Hall–Kier alpha value is -2.89. The number of aromatic nitrogens is 3. The van der Waals surface area contributed by atoms with Crippen molar-refractivity contribution in [3.05, 3.63) is 42.7 Å². The van der Waals surface area contributed by atoms with Crippen LogP contribution >= 0.6 is 0 Å². The second-order valence-electron chi connectivity index (χ2n) is 4.55. The second-order valence-corrected chi connectivity index (χ2v) is 4.55. The molecule has 6 heteroatoms. The van der Waals surface area contributed by atoms with Crippen molar-refractivity contribution in [2.45, 2.75) is 6.92 Å². The first-order valence-corrected chi connectivity index (χ1v) is 6.74. The van der Waals surface area contributed by atoms with E-state index in [4.69, 9.17) is 5.73 Å². The molecule has 0 spiro atoms. The Morgan fingerprint density at radius 2 is 2.00 bits per heavy atom. The quantitative estimate of drug-likeness (QED) is 0.681. The Labute approximate surface area is 122 Å². The third-order valence-corrected chi connectivity index (χ3v) is 3.04. The van der Waals surface area contributed by atoms with Gasteiger partial charge in [0, 0.05) is 41.5 Å². The zero-order valence-corrected chi connectivity index (χ0v) is 11.7. The van der Waals surface area contributed by atoms with Crippen molar-refractivity contribution in [1.29, 1.82) is 0 Å². The number of pyridine rings is 1. The molecule has 106 valence electrons. The maximum Gasteiger partial charge on any atom is 0.223 e. The molecule has 0 aliphatic heterocycles. The Kier molecular flexibility index (Phi) is 3.51. The van der Waals surface area contributed by atoms with Gasteiger partial charge in [-0.25, -0.2) is 0 Å². The van der Waals surface area contributed by atoms with Crippen molar-refractivity contribution in [3.8, 4) is 0 Å². The van der Waals surface area contributed by atoms with Gasteiger partial charge in [-0.3, -0.25) is 4.98 Å². The van der Waals surface area contributed by atoms with Crippen molar-refractivity contribution < 1.29 is 0 Å². The number of rotatable bonds is 4. The van der Waals surface area contributed by atoms with Crippen LogP contribution in [0.2, 0.25) is 0 Å². The molecule has 0 aliphatic carbocycles. The Morgan fingerprint density at radius 1 is 1.14 bits per heavy atom. The van der Waals surface area contributed by atoms with Gasteiger partial charge in [-0.1, -0.05) is 12.1 Å². The maximum absolute atomic E-state index is 5.74. The van der Waals surface area contributed by atoms with E-state index in [2.05, 4.69) is 25.6 Å². The van der Waals surface area contributed by atoms with E-state index in [9.17, 15) is 0 Å². The highest BCUT2D eigenvalue weighted by atomic mass is 15.1. The van der Waals surface area contributed by atoms with E-state index in [-0.39, 0.29) is 5.95 Å². The summed E-state index contributed by atoms with van der Waals surface area (Å²) in [6.45, 7) is 2.78. The van der Waals surface area contributed by atoms with Crippen molar-refractivity contribution in [3.63, 3.8) is 0 Å². The van der Waals surface area contributed by atoms with Gasteiger partial charge in [-0.15, -0.1) is 0 Å². The number of hydrogen-bond donors (Lipinski definition) is 3. The Balaban J connectivity index is 1.98. The van der Waals surface area contributed by atoms with Gasteiger partial charge in [0.2, 0.25) is 5.95 Å². The lowest BCUT2D eigenvalue weighted by molar-refractivity contribution is 1.12. The minimum Gasteiger partial charge on any atom is -0.370 e. The van der Waals surface area contributed by atoms with Crippen molar-refractivity contribution in [2.75, 3.05) is 22.9 Å². The van der Waals surface area contributed by atoms with Gasteiger partial charge in [0.1, 0.15) is 11.6 Å². The van der Waals surface area contributed by atoms with E-state index < -0.39 is 0 Å². The van der Waals surface area contributed by atoms with Crippen LogP contribution in [0.3, 0.4) is 0 Å². The molecule has 0 bridgehead atoms. The van der Waals surface area contributed by atoms with Crippen LogP contribution < -0.4 is 16.4 Å². The van der Waals surface area contributed by atoms with E-state index in [0.29, 0.717) is 11.6 Å². The third kappa shape index (κ3) is 2.84. The monoisotopic (exact) mass is 280 g/mol. The van der Waals surface area contributed by atoms with Crippen LogP contribution in [-0.2, 0) is 0 Å². The number of nitrogens with two attached hydrogens (primary N) is 1. The van der Waals surface area contributed by atoms with E-state index in [1.165, 1.54) is 0 Å². The van der Waals surface area contributed by atoms with Gasteiger partial charge < -0.3 is 16.4 Å². The lowest BCUT2D eigenvalue weighted by Crippen LogP contribution is -2.05. The standard InChI is InChI=1S/C15H16N6/c1-2-18-13-8-14(21-15(16)20-13)19-12-5-3-4-10-9-17-7-6-11(10)12/h3-9H,2H2,1H3,(H4,16,18,19,20,21). The minimum absolute atomic E-state index is 0.234. The number of nitrogens with zero attached hydrogens (tertiary/aromatic N) is 3. The molecule has 0 atom stereocenters. The molecule has 2 heterocycles. The highest BCUT2D eigenvalue weighted by molar-refractivity contribution is 5.94. The molecule has 0 aliphatic rings. The van der Waals surface area contributed by atoms with Crippen LogP contribution in [0.25, 0.3) is 10.8 Å². The number of nitrogen functional groups attached to an aromatic ring is 1. The number of anilines is 4. The highest BCUT2D eigenvalue weighted by Gasteiger charge is 2.05. The molecule has 3 aromatic rings. The maximum atomic E-state index is 5.74. The summed E-state index contributed by atoms with van der Waals surface area (Å²) in [5.41, 5.74) is 6.70. The van der Waals surface area contributed by atoms with Crippen LogP contribution in [0.15, 0.2) is 42.7 Å². The molecule has 6 nitrogen and oxygen atoms in total. The van der Waals surface area contributed by atoms with Crippen LogP contribution in [0.5, 0.6) is 0 Å². The molecule has 0 saturated carbocycles. The number of benzene rings is 1. The van der Waals surface area contributed by atoms with Gasteiger partial charge in [0.15, 0.2) is 0 Å². The van der Waals surface area contributed by atoms with E-state index in [0.717, 1.165) is 23.0 Å². The van der Waals surface area contributed by atoms with Crippen LogP contribution in [-0.4, -0.2) is 21.5 Å². The fraction of sp³-hybridized carbons (Fsp3) is 0.133. The second kappa shape index (κ2) is 5.62. The number of hydrogen-bond acceptors (Lipinski definition) is 6. The molecule has 0 radical (unpaired) electrons. The predicted octanol–water partition coefficient (Wildman–Crippen LogP) is 2.78. The smallest absolute Gasteiger partial charge is 0.223 e. The largest absolute Gasteiger partial charge is 0.370 e. The predicted molar refractivity (Wildman–Crippen MR) is 85.6 cm³/mol. The summed E-state index contributed by atoms with van der Waals surface area (Å²) in [4.78, 5) is 12.5. The molecular weight excluding hydrogens is 264 g/mol. The van der Waals surface area contributed by atoms with E-state index >= 15 is 0 Å². The summed E-state index contributed by atoms with van der Waals surface area (Å²) >= 11 is 0. The molecule has 0 amide bonds. The minimum atomic E-state index is 0.234. The fourth-order valence-corrected chi connectivity index (χ4v) is 2.17. The van der Waals surface area contributed by atoms with Gasteiger partial charge in [-0.05, 0) is 19.1 Å². The van der Waals surface area contributed by atoms with Crippen LogP contribution in [0.1, 0.15) is 6.92 Å². The number of fused-ring (bicyclic) bond motifs is 1. The lowest BCUT2D eigenvalue weighted by Gasteiger charge is -2.11. The van der Waals surface area contributed by atoms with Gasteiger partial charge in [0.25, 0.3) is 0 Å². The van der Waals surface area contributed by atoms with E-state index in [1.807, 2.05) is 43.5 Å². The highest BCUT2D eigenvalue weighted by Crippen LogP contribution is 2.25. The van der Waals surface area contributed by atoms with Gasteiger partial charge >= 0.3 is 0 Å². The Bertz CT molecular complexity index is 766. The average molecular weight is 280 g/mol. The van der Waals surface area contributed by atoms with Crippen LogP contribution in [0.4, 0.5) is 23.3 Å². The van der Waals surface area contributed by atoms with Gasteiger partial charge in [0.05, 0.1) is 0 Å². The molecule has 21 heavy (non-hydrogen) atoms. The summed E-state index contributed by atoms with van der Waals surface area (Å²) in [5, 5.41) is 8.56. The normalized spacial score (nSPS) is 10.5. The molecule has 2 aromatic heterocycles. The van der Waals surface area contributed by atoms with E-state index in [1.54, 1.807) is 6.20 Å². The SMILES string of the molecule is CCNc1cc(Nc2cccc3cnccc23)nc(N)n1. The van der Waals surface area contributed by atoms with Crippen molar-refractivity contribution >= 4 is 34.0 Å². The number of nitrogens with one attached hydrogen (secondary N) is 2. The topological polar surface area (TPSA) is 88.8 Å². The molecule has 0 fully saturated rings. The third-order valence-electron chi connectivity index (χ3n) is 3.04.